The number of thioether (sulfide) groups is 1. The second-order valence-electron chi connectivity index (χ2n) is 6.01. The van der Waals surface area contributed by atoms with Gasteiger partial charge in [0.05, 0.1) is 43.9 Å². The van der Waals surface area contributed by atoms with Crippen LogP contribution in [0.5, 0.6) is 0 Å². The quantitative estimate of drug-likeness (QED) is 0.280. The number of hydrogen-bond donors (Lipinski definition) is 0. The van der Waals surface area contributed by atoms with Crippen LogP contribution in [0.4, 0.5) is 0 Å². The Labute approximate surface area is 182 Å². The van der Waals surface area contributed by atoms with Crippen molar-refractivity contribution in [3.05, 3.63) is 57.5 Å². The average molecular weight is 450 g/mol. The van der Waals surface area contributed by atoms with Crippen LogP contribution >= 0.6 is 24.0 Å². The Kier molecular flexibility index (Phi) is 7.90. The lowest BCUT2D eigenvalue weighted by Crippen LogP contribution is -2.28. The molecule has 0 radical (unpaired) electrons. The summed E-state index contributed by atoms with van der Waals surface area (Å²) in [7, 11) is 3.26. The van der Waals surface area contributed by atoms with Crippen LogP contribution in [0.15, 0.2) is 46.4 Å². The fraction of sp³-hybridized carbons (Fsp3) is 0.250. The number of nitrogens with zero attached hydrogens (tertiary/aromatic N) is 1. The first-order chi connectivity index (χ1) is 14.2. The van der Waals surface area contributed by atoms with E-state index in [0.29, 0.717) is 0 Å². The molecule has 10 heteroatoms. The van der Waals surface area contributed by atoms with Crippen molar-refractivity contribution in [3.8, 4) is 0 Å². The van der Waals surface area contributed by atoms with E-state index < -0.39 is 35.0 Å². The van der Waals surface area contributed by atoms with Crippen LogP contribution in [0.25, 0.3) is 0 Å². The van der Waals surface area contributed by atoms with E-state index in [4.69, 9.17) is 17.0 Å². The largest absolute Gasteiger partial charge is 0.466 e. The van der Waals surface area contributed by atoms with Crippen LogP contribution in [-0.4, -0.2) is 54.4 Å². The van der Waals surface area contributed by atoms with E-state index in [1.54, 1.807) is 0 Å². The van der Waals surface area contributed by atoms with Crippen LogP contribution in [-0.2, 0) is 39.9 Å². The van der Waals surface area contributed by atoms with Gasteiger partial charge in [-0.25, -0.2) is 14.4 Å². The Morgan fingerprint density at radius 2 is 1.63 bits per heavy atom. The van der Waals surface area contributed by atoms with Crippen molar-refractivity contribution in [1.29, 1.82) is 0 Å². The highest BCUT2D eigenvalue weighted by Gasteiger charge is 2.39. The number of carbonyl (C=O) groups excluding carboxylic acids is 4. The van der Waals surface area contributed by atoms with Crippen LogP contribution in [0.2, 0.25) is 0 Å². The molecule has 0 N–H and O–H groups in total. The lowest BCUT2D eigenvalue weighted by atomic mass is 10.0. The smallest absolute Gasteiger partial charge is 0.340 e. The van der Waals surface area contributed by atoms with Crippen molar-refractivity contribution in [3.63, 3.8) is 0 Å². The van der Waals surface area contributed by atoms with Gasteiger partial charge in [0.2, 0.25) is 0 Å². The molecule has 8 nitrogen and oxygen atoms in total. The molecule has 0 unspecified atom stereocenters. The minimum Gasteiger partial charge on any atom is -0.466 e. The summed E-state index contributed by atoms with van der Waals surface area (Å²) >= 11 is 6.14. The number of aryl methyl sites for hydroxylation is 1. The Morgan fingerprint density at radius 1 is 1.03 bits per heavy atom. The zero-order valence-electron chi connectivity index (χ0n) is 16.7. The van der Waals surface area contributed by atoms with E-state index >= 15 is 0 Å². The second-order valence-corrected chi connectivity index (χ2v) is 7.66. The number of hydrogen-bond acceptors (Lipinski definition) is 9. The van der Waals surface area contributed by atoms with Gasteiger partial charge in [-0.2, -0.15) is 0 Å². The van der Waals surface area contributed by atoms with Crippen LogP contribution in [0.3, 0.4) is 0 Å². The van der Waals surface area contributed by atoms with E-state index in [1.807, 2.05) is 31.2 Å². The molecule has 0 bridgehead atoms. The topological polar surface area (TPSA) is 99.2 Å². The molecule has 0 aromatic heterocycles. The Morgan fingerprint density at radius 3 is 2.17 bits per heavy atom. The number of ether oxygens (including phenoxy) is 3. The number of thiocarbonyl (C=S) groups is 1. The maximum atomic E-state index is 13.1. The summed E-state index contributed by atoms with van der Waals surface area (Å²) in [5.74, 6) is -3.51. The summed E-state index contributed by atoms with van der Waals surface area (Å²) in [5.41, 5.74) is 1.01. The molecule has 2 rings (SSSR count). The van der Waals surface area contributed by atoms with E-state index in [0.717, 1.165) is 50.3 Å². The molecule has 1 fully saturated rings. The van der Waals surface area contributed by atoms with Gasteiger partial charge in [0.25, 0.3) is 5.91 Å². The predicted octanol–water partition coefficient (Wildman–Crippen LogP) is 2.05. The highest BCUT2D eigenvalue weighted by Crippen LogP contribution is 2.37. The summed E-state index contributed by atoms with van der Waals surface area (Å²) in [6, 6.07) is 7.51. The molecule has 1 aliphatic heterocycles. The zero-order valence-corrected chi connectivity index (χ0v) is 18.3. The highest BCUT2D eigenvalue weighted by atomic mass is 32.2. The number of esters is 3. The van der Waals surface area contributed by atoms with Gasteiger partial charge >= 0.3 is 17.9 Å². The van der Waals surface area contributed by atoms with Gasteiger partial charge in [-0.15, -0.1) is 0 Å². The molecule has 0 atom stereocenters. The first kappa shape index (κ1) is 23.3. The van der Waals surface area contributed by atoms with Crippen molar-refractivity contribution in [2.75, 3.05) is 21.3 Å². The highest BCUT2D eigenvalue weighted by molar-refractivity contribution is 8.26. The van der Waals surface area contributed by atoms with Crippen LogP contribution in [0, 0.1) is 6.92 Å². The number of amides is 1. The third-order valence-electron chi connectivity index (χ3n) is 4.07. The minimum atomic E-state index is -1.01. The molecule has 1 aliphatic rings. The predicted molar refractivity (Wildman–Crippen MR) is 113 cm³/mol. The molecule has 1 aromatic rings. The summed E-state index contributed by atoms with van der Waals surface area (Å²) < 4.78 is 14.1. The SMILES string of the molecule is COC(=O)C=C(C(=O)OC)C(C(=O)OC)=C1SC(=S)N(Cc2ccc(C)cc2)C1=O. The number of methoxy groups -OCH3 is 3. The first-order valence-corrected chi connectivity index (χ1v) is 9.76. The van der Waals surface area contributed by atoms with Gasteiger partial charge in [-0.05, 0) is 12.5 Å². The molecular formula is C20H19NO7S2. The normalized spacial score (nSPS) is 15.7. The summed E-state index contributed by atoms with van der Waals surface area (Å²) in [5, 5.41) is 0. The zero-order chi connectivity index (χ0) is 22.4. The standard InChI is InChI=1S/C20H19NO7S2/c1-11-5-7-12(8-6-11)10-21-17(23)16(30-20(21)29)15(19(25)28-4)13(18(24)27-3)9-14(22)26-2/h5-9H,10H2,1-4H3. The van der Waals surface area contributed by atoms with Crippen LogP contribution < -0.4 is 0 Å². The lowest BCUT2D eigenvalue weighted by Gasteiger charge is -2.15. The molecular weight excluding hydrogens is 430 g/mol. The van der Waals surface area contributed by atoms with Gasteiger partial charge in [-0.1, -0.05) is 53.8 Å². The van der Waals surface area contributed by atoms with Gasteiger partial charge in [0, 0.05) is 6.08 Å². The molecule has 0 aliphatic carbocycles. The minimum absolute atomic E-state index is 0.139. The Hall–Kier alpha value is -2.98. The summed E-state index contributed by atoms with van der Waals surface area (Å²) in [6.07, 6.45) is 0.768. The fourth-order valence-corrected chi connectivity index (χ4v) is 3.83. The van der Waals surface area contributed by atoms with Crippen molar-refractivity contribution in [2.24, 2.45) is 0 Å². The maximum absolute atomic E-state index is 13.1. The Balaban J connectivity index is 2.55. The van der Waals surface area contributed by atoms with Crippen molar-refractivity contribution in [1.82, 2.24) is 4.90 Å². The number of benzene rings is 1. The van der Waals surface area contributed by atoms with Crippen molar-refractivity contribution in [2.45, 2.75) is 13.5 Å². The molecule has 0 spiro atoms. The fourth-order valence-electron chi connectivity index (χ4n) is 2.51. The molecule has 0 saturated carbocycles. The summed E-state index contributed by atoms with van der Waals surface area (Å²) in [4.78, 5) is 50.7. The van der Waals surface area contributed by atoms with Crippen molar-refractivity contribution >= 4 is 52.1 Å². The molecule has 1 saturated heterocycles. The van der Waals surface area contributed by atoms with Gasteiger partial charge in [0.15, 0.2) is 0 Å². The first-order valence-electron chi connectivity index (χ1n) is 8.53. The Bertz CT molecular complexity index is 964. The van der Waals surface area contributed by atoms with E-state index in [1.165, 1.54) is 4.90 Å². The van der Waals surface area contributed by atoms with Crippen molar-refractivity contribution < 1.29 is 33.4 Å². The van der Waals surface area contributed by atoms with Crippen LogP contribution in [0.1, 0.15) is 11.1 Å². The van der Waals surface area contributed by atoms with Gasteiger partial charge < -0.3 is 14.2 Å². The molecule has 158 valence electrons. The summed E-state index contributed by atoms with van der Waals surface area (Å²) in [6.45, 7) is 2.12. The third kappa shape index (κ3) is 5.14. The maximum Gasteiger partial charge on any atom is 0.340 e. The lowest BCUT2D eigenvalue weighted by molar-refractivity contribution is -0.140. The number of carbonyl (C=O) groups is 4. The molecule has 1 heterocycles. The third-order valence-corrected chi connectivity index (χ3v) is 5.51. The second kappa shape index (κ2) is 10.2. The van der Waals surface area contributed by atoms with Gasteiger partial charge in [-0.3, -0.25) is 9.69 Å². The average Bonchev–Trinajstić information content (AvgIpc) is 3.01. The molecule has 30 heavy (non-hydrogen) atoms. The monoisotopic (exact) mass is 449 g/mol. The van der Waals surface area contributed by atoms with E-state index in [2.05, 4.69) is 9.47 Å². The van der Waals surface area contributed by atoms with E-state index in [9.17, 15) is 19.2 Å². The van der Waals surface area contributed by atoms with E-state index in [-0.39, 0.29) is 15.8 Å². The molecule has 1 amide bonds. The number of rotatable bonds is 6. The van der Waals surface area contributed by atoms with Gasteiger partial charge in [0.1, 0.15) is 4.32 Å². The molecule has 1 aromatic carbocycles.